The van der Waals surface area contributed by atoms with E-state index in [-0.39, 0.29) is 11.9 Å². The molecule has 70 valence electrons. The Balaban J connectivity index is 2.35. The van der Waals surface area contributed by atoms with Gasteiger partial charge in [-0.05, 0) is 13.8 Å². The molecule has 1 aromatic heterocycles. The Morgan fingerprint density at radius 2 is 2.23 bits per heavy atom. The molecule has 4 heteroatoms. The first-order chi connectivity index (χ1) is 6.09. The van der Waals surface area contributed by atoms with Crippen LogP contribution in [0.5, 0.6) is 0 Å². The fraction of sp³-hybridized carbons (Fsp3) is 0.556. The third kappa shape index (κ3) is 1.13. The quantitative estimate of drug-likeness (QED) is 0.639. The average Bonchev–Trinajstić information content (AvgIpc) is 2.51. The van der Waals surface area contributed by atoms with Gasteiger partial charge in [0.25, 0.3) is 5.91 Å². The van der Waals surface area contributed by atoms with E-state index in [1.54, 1.807) is 10.9 Å². The molecule has 0 atom stereocenters. The molecule has 2 rings (SSSR count). The second-order valence-corrected chi connectivity index (χ2v) is 3.69. The molecule has 2 heterocycles. The number of nitrogens with zero attached hydrogens (tertiary/aromatic N) is 3. The van der Waals surface area contributed by atoms with Crippen LogP contribution in [0.25, 0.3) is 0 Å². The lowest BCUT2D eigenvalue weighted by atomic mass is 10.3. The first-order valence-electron chi connectivity index (χ1n) is 4.43. The van der Waals surface area contributed by atoms with E-state index in [4.69, 9.17) is 0 Å². The van der Waals surface area contributed by atoms with E-state index in [0.29, 0.717) is 6.54 Å². The van der Waals surface area contributed by atoms with Gasteiger partial charge in [-0.15, -0.1) is 0 Å². The zero-order valence-corrected chi connectivity index (χ0v) is 8.11. The molecule has 0 bridgehead atoms. The number of hydrogen-bond acceptors (Lipinski definition) is 2. The summed E-state index contributed by atoms with van der Waals surface area (Å²) in [6, 6.07) is 0.256. The van der Waals surface area contributed by atoms with Gasteiger partial charge in [0.2, 0.25) is 0 Å². The zero-order chi connectivity index (χ0) is 9.59. The van der Waals surface area contributed by atoms with Crippen molar-refractivity contribution in [1.82, 2.24) is 14.7 Å². The topological polar surface area (TPSA) is 38.1 Å². The minimum atomic E-state index is 0.109. The van der Waals surface area contributed by atoms with Crippen molar-refractivity contribution in [2.75, 3.05) is 0 Å². The molecule has 4 nitrogen and oxygen atoms in total. The first-order valence-corrected chi connectivity index (χ1v) is 4.43. The summed E-state index contributed by atoms with van der Waals surface area (Å²) in [6.45, 7) is 4.69. The molecule has 1 amide bonds. The van der Waals surface area contributed by atoms with Crippen LogP contribution in [-0.2, 0) is 13.6 Å². The maximum atomic E-state index is 11.7. The molecular weight excluding hydrogens is 166 g/mol. The highest BCUT2D eigenvalue weighted by Gasteiger charge is 2.31. The monoisotopic (exact) mass is 179 g/mol. The second kappa shape index (κ2) is 2.58. The Morgan fingerprint density at radius 1 is 1.54 bits per heavy atom. The van der Waals surface area contributed by atoms with Crippen LogP contribution in [0.3, 0.4) is 0 Å². The van der Waals surface area contributed by atoms with Crippen LogP contribution in [0.4, 0.5) is 0 Å². The molecule has 1 aliphatic heterocycles. The third-order valence-electron chi connectivity index (χ3n) is 2.34. The number of aromatic nitrogens is 2. The van der Waals surface area contributed by atoms with Crippen LogP contribution in [0.1, 0.15) is 29.9 Å². The highest BCUT2D eigenvalue weighted by molar-refractivity contribution is 5.97. The molecule has 1 aromatic rings. The van der Waals surface area contributed by atoms with Gasteiger partial charge in [0.15, 0.2) is 0 Å². The Kier molecular flexibility index (Phi) is 1.65. The molecule has 0 N–H and O–H groups in total. The van der Waals surface area contributed by atoms with E-state index in [0.717, 1.165) is 11.3 Å². The summed E-state index contributed by atoms with van der Waals surface area (Å²) in [5.41, 5.74) is 1.66. The van der Waals surface area contributed by atoms with E-state index in [9.17, 15) is 4.79 Å². The largest absolute Gasteiger partial charge is 0.330 e. The number of carbonyl (C=O) groups excluding carboxylic acids is 1. The second-order valence-electron chi connectivity index (χ2n) is 3.69. The predicted molar refractivity (Wildman–Crippen MR) is 48.2 cm³/mol. The molecule has 0 aliphatic carbocycles. The first kappa shape index (κ1) is 8.29. The van der Waals surface area contributed by atoms with Gasteiger partial charge in [0.1, 0.15) is 0 Å². The number of carbonyl (C=O) groups is 1. The Labute approximate surface area is 77.1 Å². The van der Waals surface area contributed by atoms with Crippen molar-refractivity contribution in [2.24, 2.45) is 7.05 Å². The standard InChI is InChI=1S/C9H13N3O/c1-6(2)12-5-8-7(9(12)13)4-11(3)10-8/h4,6H,5H2,1-3H3. The van der Waals surface area contributed by atoms with Crippen LogP contribution in [-0.4, -0.2) is 26.6 Å². The molecule has 0 saturated carbocycles. The molecule has 0 aromatic carbocycles. The number of hydrogen-bond donors (Lipinski definition) is 0. The summed E-state index contributed by atoms with van der Waals surface area (Å²) in [7, 11) is 1.84. The van der Waals surface area contributed by atoms with Crippen LogP contribution in [0.2, 0.25) is 0 Å². The highest BCUT2D eigenvalue weighted by atomic mass is 16.2. The number of amides is 1. The summed E-state index contributed by atoms with van der Waals surface area (Å²) in [5.74, 6) is 0.109. The summed E-state index contributed by atoms with van der Waals surface area (Å²) in [6.07, 6.45) is 1.79. The third-order valence-corrected chi connectivity index (χ3v) is 2.34. The maximum absolute atomic E-state index is 11.7. The predicted octanol–water partition coefficient (Wildman–Crippen LogP) is 0.784. The van der Waals surface area contributed by atoms with E-state index < -0.39 is 0 Å². The van der Waals surface area contributed by atoms with Crippen molar-refractivity contribution in [3.8, 4) is 0 Å². The molecule has 0 unspecified atom stereocenters. The Hall–Kier alpha value is -1.32. The van der Waals surface area contributed by atoms with Gasteiger partial charge < -0.3 is 4.90 Å². The minimum Gasteiger partial charge on any atom is -0.330 e. The van der Waals surface area contributed by atoms with Gasteiger partial charge in [-0.3, -0.25) is 9.48 Å². The summed E-state index contributed by atoms with van der Waals surface area (Å²) < 4.78 is 1.69. The summed E-state index contributed by atoms with van der Waals surface area (Å²) in [5, 5.41) is 4.23. The van der Waals surface area contributed by atoms with Gasteiger partial charge >= 0.3 is 0 Å². The fourth-order valence-electron chi connectivity index (χ4n) is 1.63. The normalized spacial score (nSPS) is 15.7. The maximum Gasteiger partial charge on any atom is 0.257 e. The lowest BCUT2D eigenvalue weighted by Crippen LogP contribution is -2.31. The van der Waals surface area contributed by atoms with Crippen LogP contribution in [0.15, 0.2) is 6.20 Å². The molecule has 0 radical (unpaired) electrons. The van der Waals surface area contributed by atoms with Crippen molar-refractivity contribution in [3.05, 3.63) is 17.5 Å². The van der Waals surface area contributed by atoms with Crippen LogP contribution < -0.4 is 0 Å². The van der Waals surface area contributed by atoms with Crippen molar-refractivity contribution in [1.29, 1.82) is 0 Å². The number of aryl methyl sites for hydroxylation is 1. The average molecular weight is 179 g/mol. The van der Waals surface area contributed by atoms with Crippen LogP contribution in [0, 0.1) is 0 Å². The highest BCUT2D eigenvalue weighted by Crippen LogP contribution is 2.22. The van der Waals surface area contributed by atoms with Crippen molar-refractivity contribution < 1.29 is 4.79 Å². The van der Waals surface area contributed by atoms with Gasteiger partial charge in [-0.25, -0.2) is 0 Å². The fourth-order valence-corrected chi connectivity index (χ4v) is 1.63. The van der Waals surface area contributed by atoms with E-state index in [1.165, 1.54) is 0 Å². The van der Waals surface area contributed by atoms with E-state index in [1.807, 2.05) is 25.8 Å². The van der Waals surface area contributed by atoms with Crippen LogP contribution >= 0.6 is 0 Å². The lowest BCUT2D eigenvalue weighted by Gasteiger charge is -2.19. The van der Waals surface area contributed by atoms with E-state index in [2.05, 4.69) is 5.10 Å². The minimum absolute atomic E-state index is 0.109. The van der Waals surface area contributed by atoms with E-state index >= 15 is 0 Å². The smallest absolute Gasteiger partial charge is 0.257 e. The molecule has 0 spiro atoms. The molecule has 1 aliphatic rings. The number of fused-ring (bicyclic) bond motifs is 1. The molecule has 13 heavy (non-hydrogen) atoms. The number of rotatable bonds is 1. The van der Waals surface area contributed by atoms with Crippen molar-refractivity contribution >= 4 is 5.91 Å². The zero-order valence-electron chi connectivity index (χ0n) is 8.11. The molecule has 0 saturated heterocycles. The van der Waals surface area contributed by atoms with Gasteiger partial charge in [-0.1, -0.05) is 0 Å². The van der Waals surface area contributed by atoms with Gasteiger partial charge in [-0.2, -0.15) is 5.10 Å². The van der Waals surface area contributed by atoms with Crippen molar-refractivity contribution in [3.63, 3.8) is 0 Å². The Morgan fingerprint density at radius 3 is 2.77 bits per heavy atom. The molecular formula is C9H13N3O. The molecule has 0 fully saturated rings. The summed E-state index contributed by atoms with van der Waals surface area (Å²) >= 11 is 0. The SMILES string of the molecule is CC(C)N1Cc2nn(C)cc2C1=O. The summed E-state index contributed by atoms with van der Waals surface area (Å²) in [4.78, 5) is 13.6. The van der Waals surface area contributed by atoms with Gasteiger partial charge in [0.05, 0.1) is 17.8 Å². The van der Waals surface area contributed by atoms with Gasteiger partial charge in [0, 0.05) is 19.3 Å². The van der Waals surface area contributed by atoms with Crippen molar-refractivity contribution in [2.45, 2.75) is 26.4 Å². The lowest BCUT2D eigenvalue weighted by molar-refractivity contribution is 0.0727. The Bertz CT molecular complexity index is 354.